The lowest BCUT2D eigenvalue weighted by Crippen LogP contribution is -2.53. The molecule has 36 heavy (non-hydrogen) atoms. The molecule has 1 aromatic heterocycles. The van der Waals surface area contributed by atoms with Crippen LogP contribution in [0.25, 0.3) is 11.3 Å². The lowest BCUT2D eigenvalue weighted by molar-refractivity contribution is -0.113. The fraction of sp³-hybridized carbons (Fsp3) is 0.261. The second-order valence-corrected chi connectivity index (χ2v) is 11.5. The fourth-order valence-corrected chi connectivity index (χ4v) is 5.54. The fourth-order valence-electron chi connectivity index (χ4n) is 4.87. The van der Waals surface area contributed by atoms with E-state index in [4.69, 9.17) is 11.6 Å². The van der Waals surface area contributed by atoms with E-state index < -0.39 is 50.4 Å². The standard InChI is InChI=1S/C23H18ClF3N4O4S/c1-36(34,35)9-17(32)28-20-19(12-2-3-14(24)15(26)7-12)30-31-10-23(29-22(33)21(20)31)5-4-11-6-13(25)8-16(27)18(11)23/h2-3,6-8H,4-5,9-10H2,1H3,(H,28,32)(H,29,33)/t23-/m0/s1. The third kappa shape index (κ3) is 4.13. The Morgan fingerprint density at radius 1 is 1.22 bits per heavy atom. The lowest BCUT2D eigenvalue weighted by atomic mass is 9.89. The number of carbonyl (C=O) groups excluding carboxylic acids is 2. The van der Waals surface area contributed by atoms with Crippen LogP contribution in [0.1, 0.15) is 28.0 Å². The first-order chi connectivity index (χ1) is 16.9. The summed E-state index contributed by atoms with van der Waals surface area (Å²) in [7, 11) is -3.70. The lowest BCUT2D eigenvalue weighted by Gasteiger charge is -2.36. The Balaban J connectivity index is 1.64. The first-order valence-corrected chi connectivity index (χ1v) is 13.2. The van der Waals surface area contributed by atoms with E-state index in [1.807, 2.05) is 0 Å². The van der Waals surface area contributed by atoms with Gasteiger partial charge < -0.3 is 10.6 Å². The second-order valence-electron chi connectivity index (χ2n) is 8.93. The quantitative estimate of drug-likeness (QED) is 0.530. The van der Waals surface area contributed by atoms with Gasteiger partial charge in [-0.2, -0.15) is 5.10 Å². The van der Waals surface area contributed by atoms with Crippen molar-refractivity contribution < 1.29 is 31.2 Å². The average molecular weight is 539 g/mol. The van der Waals surface area contributed by atoms with Gasteiger partial charge >= 0.3 is 0 Å². The van der Waals surface area contributed by atoms with Crippen LogP contribution in [0.3, 0.4) is 0 Å². The van der Waals surface area contributed by atoms with Gasteiger partial charge in [0.1, 0.15) is 34.6 Å². The number of anilines is 1. The van der Waals surface area contributed by atoms with E-state index >= 15 is 0 Å². The smallest absolute Gasteiger partial charge is 0.272 e. The van der Waals surface area contributed by atoms with E-state index in [0.717, 1.165) is 18.4 Å². The molecule has 0 fully saturated rings. The highest BCUT2D eigenvalue weighted by Gasteiger charge is 2.48. The molecular formula is C23H18ClF3N4O4S. The number of hydrogen-bond donors (Lipinski definition) is 2. The molecule has 1 atom stereocenters. The zero-order valence-electron chi connectivity index (χ0n) is 18.7. The van der Waals surface area contributed by atoms with Crippen molar-refractivity contribution in [3.63, 3.8) is 0 Å². The van der Waals surface area contributed by atoms with Crippen LogP contribution in [0.15, 0.2) is 30.3 Å². The van der Waals surface area contributed by atoms with Gasteiger partial charge in [-0.25, -0.2) is 21.6 Å². The minimum Gasteiger partial charge on any atom is -0.339 e. The maximum Gasteiger partial charge on any atom is 0.272 e. The minimum absolute atomic E-state index is 0.00702. The second kappa shape index (κ2) is 8.34. The molecule has 3 aromatic rings. The maximum atomic E-state index is 14.9. The van der Waals surface area contributed by atoms with Gasteiger partial charge in [-0.3, -0.25) is 14.3 Å². The summed E-state index contributed by atoms with van der Waals surface area (Å²) in [5.41, 5.74) is -0.743. The van der Waals surface area contributed by atoms with Gasteiger partial charge in [-0.15, -0.1) is 0 Å². The topological polar surface area (TPSA) is 110 Å². The van der Waals surface area contributed by atoms with Crippen LogP contribution in [0.5, 0.6) is 0 Å². The van der Waals surface area contributed by atoms with Crippen molar-refractivity contribution in [2.24, 2.45) is 0 Å². The summed E-state index contributed by atoms with van der Waals surface area (Å²) >= 11 is 5.78. The molecular weight excluding hydrogens is 521 g/mol. The SMILES string of the molecule is CS(=O)(=O)CC(=O)Nc1c(-c2ccc(Cl)c(F)c2)nn2c1C(=O)N[C@@]1(CCc3cc(F)cc(F)c31)C2. The van der Waals surface area contributed by atoms with Gasteiger partial charge in [0.2, 0.25) is 5.91 Å². The minimum atomic E-state index is -3.70. The van der Waals surface area contributed by atoms with Crippen LogP contribution >= 0.6 is 11.6 Å². The van der Waals surface area contributed by atoms with Gasteiger partial charge in [0, 0.05) is 23.4 Å². The van der Waals surface area contributed by atoms with Crippen LogP contribution < -0.4 is 10.6 Å². The highest BCUT2D eigenvalue weighted by atomic mass is 35.5. The van der Waals surface area contributed by atoms with Crippen molar-refractivity contribution in [3.05, 3.63) is 69.6 Å². The molecule has 5 rings (SSSR count). The average Bonchev–Trinajstić information content (AvgIpc) is 3.27. The van der Waals surface area contributed by atoms with Crippen molar-refractivity contribution in [2.75, 3.05) is 17.3 Å². The van der Waals surface area contributed by atoms with Gasteiger partial charge in [0.25, 0.3) is 5.91 Å². The Labute approximate surface area is 208 Å². The van der Waals surface area contributed by atoms with Crippen molar-refractivity contribution in [1.82, 2.24) is 15.1 Å². The van der Waals surface area contributed by atoms with Crippen molar-refractivity contribution in [2.45, 2.75) is 24.9 Å². The molecule has 2 aliphatic rings. The Kier molecular flexibility index (Phi) is 5.63. The van der Waals surface area contributed by atoms with Crippen LogP contribution in [0.2, 0.25) is 5.02 Å². The molecule has 8 nitrogen and oxygen atoms in total. The van der Waals surface area contributed by atoms with Crippen LogP contribution in [0, 0.1) is 17.5 Å². The van der Waals surface area contributed by atoms with E-state index in [1.165, 1.54) is 22.9 Å². The summed E-state index contributed by atoms with van der Waals surface area (Å²) in [5.74, 6) is -4.82. The number of halogens is 4. The molecule has 2 heterocycles. The third-order valence-corrected chi connectivity index (χ3v) is 7.32. The first kappa shape index (κ1) is 24.3. The Morgan fingerprint density at radius 3 is 2.67 bits per heavy atom. The van der Waals surface area contributed by atoms with E-state index in [9.17, 15) is 31.2 Å². The molecule has 13 heteroatoms. The summed E-state index contributed by atoms with van der Waals surface area (Å²) in [6, 6.07) is 5.72. The zero-order valence-corrected chi connectivity index (χ0v) is 20.2. The van der Waals surface area contributed by atoms with Crippen molar-refractivity contribution in [1.29, 1.82) is 0 Å². The van der Waals surface area contributed by atoms with Crippen molar-refractivity contribution in [3.8, 4) is 11.3 Å². The van der Waals surface area contributed by atoms with Gasteiger partial charge in [0.15, 0.2) is 15.5 Å². The molecule has 1 aliphatic carbocycles. The number of rotatable bonds is 4. The number of aromatic nitrogens is 2. The molecule has 1 spiro atoms. The molecule has 0 radical (unpaired) electrons. The number of benzene rings is 2. The van der Waals surface area contributed by atoms with Crippen LogP contribution in [-0.2, 0) is 33.1 Å². The monoisotopic (exact) mass is 538 g/mol. The van der Waals surface area contributed by atoms with Crippen molar-refractivity contribution >= 4 is 38.9 Å². The molecule has 2 N–H and O–H groups in total. The number of hydrogen-bond acceptors (Lipinski definition) is 5. The number of sulfone groups is 1. The number of aryl methyl sites for hydroxylation is 1. The number of amides is 2. The Morgan fingerprint density at radius 2 is 1.97 bits per heavy atom. The highest BCUT2D eigenvalue weighted by molar-refractivity contribution is 7.91. The highest BCUT2D eigenvalue weighted by Crippen LogP contribution is 2.44. The number of nitrogens with zero attached hydrogens (tertiary/aromatic N) is 2. The molecule has 0 saturated heterocycles. The Bertz CT molecular complexity index is 1570. The van der Waals surface area contributed by atoms with Crippen LogP contribution in [-0.4, -0.2) is 42.0 Å². The molecule has 0 bridgehead atoms. The predicted octanol–water partition coefficient (Wildman–Crippen LogP) is 3.19. The summed E-state index contributed by atoms with van der Waals surface area (Å²) in [6.07, 6.45) is 1.46. The number of carbonyl (C=O) groups is 2. The largest absolute Gasteiger partial charge is 0.339 e. The van der Waals surface area contributed by atoms with E-state index in [-0.39, 0.29) is 46.2 Å². The predicted molar refractivity (Wildman–Crippen MR) is 125 cm³/mol. The normalized spacial score (nSPS) is 18.6. The van der Waals surface area contributed by atoms with E-state index in [1.54, 1.807) is 0 Å². The number of nitrogens with one attached hydrogen (secondary N) is 2. The summed E-state index contributed by atoms with van der Waals surface area (Å²) in [6.45, 7) is -0.0609. The maximum absolute atomic E-state index is 14.9. The summed E-state index contributed by atoms with van der Waals surface area (Å²) in [5, 5.41) is 9.45. The van der Waals surface area contributed by atoms with E-state index in [0.29, 0.717) is 12.0 Å². The number of fused-ring (bicyclic) bond motifs is 3. The zero-order chi connectivity index (χ0) is 26.0. The molecule has 1 aliphatic heterocycles. The van der Waals surface area contributed by atoms with Gasteiger partial charge in [-0.1, -0.05) is 17.7 Å². The van der Waals surface area contributed by atoms with Gasteiger partial charge in [-0.05, 0) is 36.6 Å². The Hall–Kier alpha value is -3.38. The molecule has 2 amide bonds. The third-order valence-electron chi connectivity index (χ3n) is 6.23. The molecule has 188 valence electrons. The summed E-state index contributed by atoms with van der Waals surface area (Å²) in [4.78, 5) is 25.8. The summed E-state index contributed by atoms with van der Waals surface area (Å²) < 4.78 is 67.4. The molecule has 0 saturated carbocycles. The first-order valence-electron chi connectivity index (χ1n) is 10.7. The van der Waals surface area contributed by atoms with Crippen LogP contribution in [0.4, 0.5) is 18.9 Å². The van der Waals surface area contributed by atoms with Gasteiger partial charge in [0.05, 0.1) is 17.1 Å². The van der Waals surface area contributed by atoms with E-state index in [2.05, 4.69) is 15.7 Å². The molecule has 2 aromatic carbocycles. The molecule has 0 unspecified atom stereocenters.